The van der Waals surface area contributed by atoms with Gasteiger partial charge in [0.25, 0.3) is 5.91 Å². The van der Waals surface area contributed by atoms with Crippen LogP contribution in [0.2, 0.25) is 0 Å². The third-order valence-electron chi connectivity index (χ3n) is 2.71. The molecule has 1 aromatic heterocycles. The van der Waals surface area contributed by atoms with Crippen molar-refractivity contribution in [3.05, 3.63) is 40.8 Å². The lowest BCUT2D eigenvalue weighted by Crippen LogP contribution is -2.11. The molecular weight excluding hydrogens is 328 g/mol. The number of anilines is 1. The number of nitrogens with one attached hydrogen (secondary N) is 1. The summed E-state index contributed by atoms with van der Waals surface area (Å²) in [6, 6.07) is 8.83. The van der Waals surface area contributed by atoms with E-state index in [1.807, 2.05) is 24.5 Å². The fourth-order valence-electron chi connectivity index (χ4n) is 1.71. The zero-order valence-electron chi connectivity index (χ0n) is 11.4. The summed E-state index contributed by atoms with van der Waals surface area (Å²) in [7, 11) is -3.79. The average Bonchev–Trinajstić information content (AvgIpc) is 2.81. The van der Waals surface area contributed by atoms with Crippen LogP contribution < -0.4 is 10.5 Å². The number of aryl methyl sites for hydroxylation is 1. The molecule has 2 aromatic rings. The highest BCUT2D eigenvalue weighted by molar-refractivity contribution is 7.98. The normalized spacial score (nSPS) is 11.4. The number of benzene rings is 1. The summed E-state index contributed by atoms with van der Waals surface area (Å²) in [6.07, 6.45) is 1.95. The van der Waals surface area contributed by atoms with Crippen LogP contribution in [0.5, 0.6) is 0 Å². The van der Waals surface area contributed by atoms with Crippen molar-refractivity contribution >= 4 is 44.7 Å². The summed E-state index contributed by atoms with van der Waals surface area (Å²) in [5.74, 6) is -0.342. The van der Waals surface area contributed by atoms with Crippen LogP contribution in [0.1, 0.15) is 15.2 Å². The highest BCUT2D eigenvalue weighted by Gasteiger charge is 2.19. The topological polar surface area (TPSA) is 89.3 Å². The molecule has 0 spiro atoms. The number of carbonyl (C=O) groups excluding carboxylic acids is 1. The summed E-state index contributed by atoms with van der Waals surface area (Å²) in [4.78, 5) is 13.6. The van der Waals surface area contributed by atoms with E-state index in [9.17, 15) is 13.2 Å². The highest BCUT2D eigenvalue weighted by Crippen LogP contribution is 2.26. The van der Waals surface area contributed by atoms with Crippen LogP contribution in [0.4, 0.5) is 5.69 Å². The third kappa shape index (κ3) is 3.85. The van der Waals surface area contributed by atoms with Gasteiger partial charge in [-0.2, -0.15) is 0 Å². The Labute approximate surface area is 131 Å². The quantitative estimate of drug-likeness (QED) is 0.836. The number of thiophene rings is 1. The van der Waals surface area contributed by atoms with E-state index in [1.54, 1.807) is 24.8 Å². The van der Waals surface area contributed by atoms with Crippen molar-refractivity contribution in [3.63, 3.8) is 0 Å². The molecule has 0 aliphatic rings. The minimum atomic E-state index is -3.79. The van der Waals surface area contributed by atoms with Gasteiger partial charge in [-0.3, -0.25) is 4.79 Å². The summed E-state index contributed by atoms with van der Waals surface area (Å²) in [5, 5.41) is 7.84. The maximum Gasteiger partial charge on any atom is 0.266 e. The molecule has 0 aliphatic carbocycles. The van der Waals surface area contributed by atoms with E-state index in [4.69, 9.17) is 5.14 Å². The molecule has 8 heteroatoms. The number of hydrogen-bond donors (Lipinski definition) is 2. The van der Waals surface area contributed by atoms with Crippen LogP contribution in [0.25, 0.3) is 0 Å². The molecule has 0 saturated heterocycles. The van der Waals surface area contributed by atoms with Gasteiger partial charge in [0.15, 0.2) is 0 Å². The molecule has 5 nitrogen and oxygen atoms in total. The molecule has 0 bridgehead atoms. The number of sulfonamides is 1. The molecule has 1 heterocycles. The molecule has 21 heavy (non-hydrogen) atoms. The Morgan fingerprint density at radius 2 is 2.05 bits per heavy atom. The van der Waals surface area contributed by atoms with Crippen molar-refractivity contribution in [2.24, 2.45) is 5.14 Å². The van der Waals surface area contributed by atoms with Gasteiger partial charge < -0.3 is 5.32 Å². The van der Waals surface area contributed by atoms with Crippen LogP contribution in [-0.4, -0.2) is 20.6 Å². The van der Waals surface area contributed by atoms with E-state index in [-0.39, 0.29) is 10.1 Å². The minimum absolute atomic E-state index is 0.0111. The van der Waals surface area contributed by atoms with E-state index in [0.717, 1.165) is 16.2 Å². The number of hydrogen-bond acceptors (Lipinski definition) is 5. The fourth-order valence-corrected chi connectivity index (χ4v) is 4.02. The first-order valence-corrected chi connectivity index (χ1v) is 9.48. The van der Waals surface area contributed by atoms with E-state index < -0.39 is 10.0 Å². The molecule has 0 aliphatic heterocycles. The molecule has 0 atom stereocenters. The Balaban J connectivity index is 2.26. The number of rotatable bonds is 4. The molecule has 1 amide bonds. The number of nitrogens with two attached hydrogens (primary N) is 1. The highest BCUT2D eigenvalue weighted by atomic mass is 32.2. The predicted octanol–water partition coefficient (Wildman–Crippen LogP) is 2.68. The second-order valence-electron chi connectivity index (χ2n) is 4.31. The lowest BCUT2D eigenvalue weighted by atomic mass is 10.2. The van der Waals surface area contributed by atoms with E-state index in [2.05, 4.69) is 5.32 Å². The van der Waals surface area contributed by atoms with E-state index in [0.29, 0.717) is 16.1 Å². The lowest BCUT2D eigenvalue weighted by molar-refractivity contribution is 0.103. The van der Waals surface area contributed by atoms with Crippen molar-refractivity contribution in [3.8, 4) is 0 Å². The smallest absolute Gasteiger partial charge is 0.266 e. The van der Waals surface area contributed by atoms with Crippen LogP contribution in [-0.2, 0) is 10.0 Å². The number of amides is 1. The zero-order chi connectivity index (χ0) is 15.6. The summed E-state index contributed by atoms with van der Waals surface area (Å²) < 4.78 is 22.6. The van der Waals surface area contributed by atoms with Crippen LogP contribution in [0.15, 0.2) is 39.4 Å². The maximum atomic E-state index is 12.2. The number of primary sulfonamides is 1. The first kappa shape index (κ1) is 16.0. The molecule has 0 saturated carbocycles. The molecule has 2 rings (SSSR count). The molecule has 0 radical (unpaired) electrons. The molecule has 3 N–H and O–H groups in total. The van der Waals surface area contributed by atoms with Crippen LogP contribution in [0.3, 0.4) is 0 Å². The van der Waals surface area contributed by atoms with Gasteiger partial charge in [0.05, 0.1) is 4.88 Å². The molecule has 112 valence electrons. The van der Waals surface area contributed by atoms with Crippen LogP contribution in [0, 0.1) is 6.92 Å². The monoisotopic (exact) mass is 342 g/mol. The average molecular weight is 342 g/mol. The summed E-state index contributed by atoms with van der Waals surface area (Å²) in [6.45, 7) is 1.68. The Morgan fingerprint density at radius 3 is 2.62 bits per heavy atom. The number of carbonyl (C=O) groups is 1. The van der Waals surface area contributed by atoms with Gasteiger partial charge in [-0.15, -0.1) is 23.1 Å². The fraction of sp³-hybridized carbons (Fsp3) is 0.154. The first-order valence-electron chi connectivity index (χ1n) is 5.90. The molecule has 0 fully saturated rings. The van der Waals surface area contributed by atoms with Crippen molar-refractivity contribution in [2.75, 3.05) is 11.6 Å². The molecule has 0 unspecified atom stereocenters. The van der Waals surface area contributed by atoms with Crippen molar-refractivity contribution in [1.82, 2.24) is 0 Å². The van der Waals surface area contributed by atoms with Gasteiger partial charge in [0, 0.05) is 10.6 Å². The summed E-state index contributed by atoms with van der Waals surface area (Å²) >= 11 is 2.45. The van der Waals surface area contributed by atoms with E-state index in [1.165, 1.54) is 6.07 Å². The van der Waals surface area contributed by atoms with Crippen molar-refractivity contribution in [2.45, 2.75) is 16.0 Å². The van der Waals surface area contributed by atoms with Gasteiger partial charge >= 0.3 is 0 Å². The van der Waals surface area contributed by atoms with Gasteiger partial charge in [-0.1, -0.05) is 6.07 Å². The van der Waals surface area contributed by atoms with Gasteiger partial charge in [-0.25, -0.2) is 13.6 Å². The van der Waals surface area contributed by atoms with Gasteiger partial charge in [0.2, 0.25) is 10.0 Å². The van der Waals surface area contributed by atoms with Crippen molar-refractivity contribution < 1.29 is 13.2 Å². The Kier molecular flexibility index (Phi) is 4.72. The second-order valence-corrected chi connectivity index (χ2v) is 8.03. The third-order valence-corrected chi connectivity index (χ3v) is 6.09. The van der Waals surface area contributed by atoms with Crippen molar-refractivity contribution in [1.29, 1.82) is 0 Å². The Bertz CT molecular complexity index is 782. The first-order chi connectivity index (χ1) is 9.81. The Morgan fingerprint density at radius 1 is 1.33 bits per heavy atom. The molecule has 1 aromatic carbocycles. The largest absolute Gasteiger partial charge is 0.321 e. The van der Waals surface area contributed by atoms with Gasteiger partial charge in [0.1, 0.15) is 4.21 Å². The minimum Gasteiger partial charge on any atom is -0.321 e. The molecular formula is C13H14N2O3S3. The van der Waals surface area contributed by atoms with E-state index >= 15 is 0 Å². The zero-order valence-corrected chi connectivity index (χ0v) is 13.9. The van der Waals surface area contributed by atoms with Crippen LogP contribution >= 0.6 is 23.1 Å². The second kappa shape index (κ2) is 6.18. The SMILES string of the molecule is CSc1cccc(NC(=O)c2sc(S(N)(=O)=O)cc2C)c1. The lowest BCUT2D eigenvalue weighted by Gasteiger charge is -2.05. The predicted molar refractivity (Wildman–Crippen MR) is 86.6 cm³/mol. The number of thioether (sulfide) groups is 1. The standard InChI is InChI=1S/C13H14N2O3S3/c1-8-6-11(21(14,17)18)20-12(8)13(16)15-9-4-3-5-10(7-9)19-2/h3-7H,1-2H3,(H,15,16)(H2,14,17,18). The van der Waals surface area contributed by atoms with Gasteiger partial charge in [-0.05, 0) is 43.0 Å². The summed E-state index contributed by atoms with van der Waals surface area (Å²) in [5.41, 5.74) is 1.25. The Hall–Kier alpha value is -1.35. The maximum absolute atomic E-state index is 12.2.